The molecule has 0 fully saturated rings. The summed E-state index contributed by atoms with van der Waals surface area (Å²) in [7, 11) is 0. The number of rotatable bonds is 6. The zero-order valence-electron chi connectivity index (χ0n) is 16.8. The molecule has 8 heteroatoms. The molecule has 30 heavy (non-hydrogen) atoms. The fourth-order valence-electron chi connectivity index (χ4n) is 3.52. The van der Waals surface area contributed by atoms with E-state index in [0.29, 0.717) is 23.2 Å². The zero-order chi connectivity index (χ0) is 21.3. The van der Waals surface area contributed by atoms with Crippen LogP contribution < -0.4 is 10.9 Å². The molecule has 0 saturated carbocycles. The van der Waals surface area contributed by atoms with E-state index in [-0.39, 0.29) is 29.4 Å². The molecule has 0 aliphatic rings. The van der Waals surface area contributed by atoms with Crippen LogP contribution in [0.4, 0.5) is 5.69 Å². The largest absolute Gasteiger partial charge is 0.325 e. The van der Waals surface area contributed by atoms with Crippen LogP contribution in [0.3, 0.4) is 0 Å². The van der Waals surface area contributed by atoms with Crippen molar-refractivity contribution in [3.63, 3.8) is 0 Å². The maximum atomic E-state index is 13.1. The Morgan fingerprint density at radius 3 is 2.53 bits per heavy atom. The highest BCUT2D eigenvalue weighted by molar-refractivity contribution is 5.97. The van der Waals surface area contributed by atoms with Gasteiger partial charge in [-0.15, -0.1) is 10.2 Å². The molecule has 1 amide bonds. The summed E-state index contributed by atoms with van der Waals surface area (Å²) in [4.78, 5) is 37.4. The van der Waals surface area contributed by atoms with Crippen LogP contribution in [0.15, 0.2) is 53.3 Å². The highest BCUT2D eigenvalue weighted by Crippen LogP contribution is 2.17. The van der Waals surface area contributed by atoms with Gasteiger partial charge in [-0.3, -0.25) is 23.4 Å². The fourth-order valence-corrected chi connectivity index (χ4v) is 3.52. The summed E-state index contributed by atoms with van der Waals surface area (Å²) >= 11 is 0. The van der Waals surface area contributed by atoms with Crippen molar-refractivity contribution in [1.82, 2.24) is 19.2 Å². The second-order valence-corrected chi connectivity index (χ2v) is 7.09. The molecule has 152 valence electrons. The van der Waals surface area contributed by atoms with Crippen molar-refractivity contribution in [1.29, 1.82) is 0 Å². The second-order valence-electron chi connectivity index (χ2n) is 7.09. The van der Waals surface area contributed by atoms with Gasteiger partial charge < -0.3 is 5.32 Å². The molecule has 0 spiro atoms. The van der Waals surface area contributed by atoms with Gasteiger partial charge in [0.05, 0.1) is 11.0 Å². The van der Waals surface area contributed by atoms with Crippen molar-refractivity contribution in [2.45, 2.75) is 33.2 Å². The Morgan fingerprint density at radius 2 is 1.80 bits per heavy atom. The van der Waals surface area contributed by atoms with Gasteiger partial charge >= 0.3 is 0 Å². The van der Waals surface area contributed by atoms with Gasteiger partial charge in [0.15, 0.2) is 5.78 Å². The van der Waals surface area contributed by atoms with Crippen molar-refractivity contribution >= 4 is 34.1 Å². The van der Waals surface area contributed by atoms with Gasteiger partial charge in [0.25, 0.3) is 5.56 Å². The van der Waals surface area contributed by atoms with Gasteiger partial charge in [0.1, 0.15) is 12.4 Å². The van der Waals surface area contributed by atoms with Crippen molar-refractivity contribution in [2.24, 2.45) is 0 Å². The predicted octanol–water partition coefficient (Wildman–Crippen LogP) is 2.84. The van der Waals surface area contributed by atoms with E-state index in [0.717, 1.165) is 17.8 Å². The van der Waals surface area contributed by atoms with Crippen LogP contribution in [0.25, 0.3) is 16.7 Å². The van der Waals surface area contributed by atoms with Crippen molar-refractivity contribution in [2.75, 3.05) is 5.32 Å². The Bertz CT molecular complexity index is 1340. The molecule has 2 aromatic heterocycles. The molecule has 0 radical (unpaired) electrons. The van der Waals surface area contributed by atoms with E-state index in [1.54, 1.807) is 34.7 Å². The molecule has 4 rings (SSSR count). The molecule has 1 N–H and O–H groups in total. The minimum Gasteiger partial charge on any atom is -0.325 e. The number of carbonyl (C=O) groups excluding carboxylic acids is 2. The Kier molecular flexibility index (Phi) is 5.14. The number of benzene rings is 2. The summed E-state index contributed by atoms with van der Waals surface area (Å²) < 4.78 is 3.17. The molecular weight excluding hydrogens is 382 g/mol. The smallest absolute Gasteiger partial charge is 0.297 e. The number of anilines is 1. The SMILES string of the molecule is CCCc1nnc2c(=O)n(CC(=O)Nc3cccc(C(C)=O)c3)c3ccccc3n12. The van der Waals surface area contributed by atoms with E-state index in [4.69, 9.17) is 0 Å². The Morgan fingerprint density at radius 1 is 1.03 bits per heavy atom. The van der Waals surface area contributed by atoms with Gasteiger partial charge in [0, 0.05) is 17.7 Å². The number of nitrogens with one attached hydrogen (secondary N) is 1. The normalized spacial score (nSPS) is 11.1. The van der Waals surface area contributed by atoms with Crippen molar-refractivity contribution < 1.29 is 9.59 Å². The molecule has 0 aliphatic carbocycles. The number of carbonyl (C=O) groups is 2. The topological polar surface area (TPSA) is 98.4 Å². The summed E-state index contributed by atoms with van der Waals surface area (Å²) in [6.07, 6.45) is 1.57. The van der Waals surface area contributed by atoms with E-state index < -0.39 is 0 Å². The maximum absolute atomic E-state index is 13.1. The second kappa shape index (κ2) is 7.90. The fraction of sp³-hybridized carbons (Fsp3) is 0.227. The minimum atomic E-state index is -0.379. The molecule has 0 aliphatic heterocycles. The molecule has 2 heterocycles. The number of amides is 1. The van der Waals surface area contributed by atoms with Crippen LogP contribution in [0.2, 0.25) is 0 Å². The van der Waals surface area contributed by atoms with Gasteiger partial charge in [0.2, 0.25) is 11.6 Å². The van der Waals surface area contributed by atoms with Gasteiger partial charge in [-0.2, -0.15) is 0 Å². The third-order valence-electron chi connectivity index (χ3n) is 4.91. The molecule has 2 aromatic carbocycles. The Hall–Kier alpha value is -3.81. The number of para-hydroxylation sites is 2. The molecule has 0 bridgehead atoms. The average Bonchev–Trinajstić information content (AvgIpc) is 3.16. The molecular formula is C22H21N5O3. The van der Waals surface area contributed by atoms with Crippen molar-refractivity contribution in [3.8, 4) is 0 Å². The highest BCUT2D eigenvalue weighted by atomic mass is 16.2. The molecule has 4 aromatic rings. The van der Waals surface area contributed by atoms with Crippen molar-refractivity contribution in [3.05, 3.63) is 70.3 Å². The van der Waals surface area contributed by atoms with Crippen LogP contribution >= 0.6 is 0 Å². The van der Waals surface area contributed by atoms with Crippen LogP contribution in [0, 0.1) is 0 Å². The standard InChI is InChI=1S/C22H21N5O3/c1-3-7-19-24-25-21-22(30)26(17-10-4-5-11-18(17)27(19)21)13-20(29)23-16-9-6-8-15(12-16)14(2)28/h4-6,8-12H,3,7,13H2,1-2H3,(H,23,29). The Labute approximate surface area is 172 Å². The van der Waals surface area contributed by atoms with E-state index in [1.165, 1.54) is 11.5 Å². The predicted molar refractivity (Wildman–Crippen MR) is 114 cm³/mol. The number of hydrogen-bond donors (Lipinski definition) is 1. The van der Waals surface area contributed by atoms with E-state index in [2.05, 4.69) is 15.5 Å². The van der Waals surface area contributed by atoms with E-state index >= 15 is 0 Å². The summed E-state index contributed by atoms with van der Waals surface area (Å²) in [5.74, 6) is 0.257. The minimum absolute atomic E-state index is 0.0894. The molecule has 0 atom stereocenters. The molecule has 8 nitrogen and oxygen atoms in total. The first kappa shape index (κ1) is 19.5. The van der Waals surface area contributed by atoms with Gasteiger partial charge in [-0.05, 0) is 37.6 Å². The lowest BCUT2D eigenvalue weighted by Crippen LogP contribution is -2.29. The summed E-state index contributed by atoms with van der Waals surface area (Å²) in [6, 6.07) is 14.1. The van der Waals surface area contributed by atoms with E-state index in [1.807, 2.05) is 25.1 Å². The summed E-state index contributed by atoms with van der Waals surface area (Å²) in [5.41, 5.74) is 2.22. The van der Waals surface area contributed by atoms with Crippen LogP contribution in [0.1, 0.15) is 36.5 Å². The number of nitrogens with zero attached hydrogens (tertiary/aromatic N) is 4. The quantitative estimate of drug-likeness (QED) is 0.499. The number of hydrogen-bond acceptors (Lipinski definition) is 5. The van der Waals surface area contributed by atoms with Crippen LogP contribution in [-0.2, 0) is 17.8 Å². The zero-order valence-corrected chi connectivity index (χ0v) is 16.8. The van der Waals surface area contributed by atoms with Crippen LogP contribution in [0.5, 0.6) is 0 Å². The number of Topliss-reactive ketones (excluding diaryl/α,β-unsaturated/α-hetero) is 1. The monoisotopic (exact) mass is 403 g/mol. The number of aromatic nitrogens is 4. The lowest BCUT2D eigenvalue weighted by Gasteiger charge is -2.13. The molecule has 0 unspecified atom stereocenters. The lowest BCUT2D eigenvalue weighted by molar-refractivity contribution is -0.116. The first-order valence-electron chi connectivity index (χ1n) is 9.76. The van der Waals surface area contributed by atoms with E-state index in [9.17, 15) is 14.4 Å². The number of ketones is 1. The van der Waals surface area contributed by atoms with Gasteiger partial charge in [-0.25, -0.2) is 0 Å². The van der Waals surface area contributed by atoms with Crippen LogP contribution in [-0.4, -0.2) is 30.9 Å². The first-order chi connectivity index (χ1) is 14.5. The first-order valence-corrected chi connectivity index (χ1v) is 9.76. The highest BCUT2D eigenvalue weighted by Gasteiger charge is 2.17. The number of aryl methyl sites for hydroxylation is 1. The summed E-state index contributed by atoms with van der Waals surface area (Å²) in [6.45, 7) is 3.32. The third-order valence-corrected chi connectivity index (χ3v) is 4.91. The third kappa shape index (κ3) is 3.47. The van der Waals surface area contributed by atoms with Gasteiger partial charge in [-0.1, -0.05) is 31.2 Å². The summed E-state index contributed by atoms with van der Waals surface area (Å²) in [5, 5.41) is 11.0. The number of fused-ring (bicyclic) bond motifs is 3. The Balaban J connectivity index is 1.74. The maximum Gasteiger partial charge on any atom is 0.297 e. The molecule has 0 saturated heterocycles. The lowest BCUT2D eigenvalue weighted by atomic mass is 10.1. The average molecular weight is 403 g/mol.